The van der Waals surface area contributed by atoms with Gasteiger partial charge < -0.3 is 24.9 Å². The lowest BCUT2D eigenvalue weighted by molar-refractivity contribution is -0.128. The van der Waals surface area contributed by atoms with Crippen LogP contribution in [-0.2, 0) is 4.79 Å². The monoisotopic (exact) mass is 563 g/mol. The summed E-state index contributed by atoms with van der Waals surface area (Å²) in [5, 5.41) is 3.77. The van der Waals surface area contributed by atoms with Crippen molar-refractivity contribution in [3.05, 3.63) is 41.3 Å². The predicted octanol–water partition coefficient (Wildman–Crippen LogP) is 3.73. The SMILES string of the molecule is C[C@@H]1CN(c2cc(Cl)nc(SCC(=O)N3CCN(c4ccccc4F)CC3)n2)CCN1C(=O)NC(C)(C)C. The Kier molecular flexibility index (Phi) is 8.87. The van der Waals surface area contributed by atoms with E-state index in [2.05, 4.69) is 20.2 Å². The predicted molar refractivity (Wildman–Crippen MR) is 150 cm³/mol. The summed E-state index contributed by atoms with van der Waals surface area (Å²) in [6.07, 6.45) is 0. The van der Waals surface area contributed by atoms with Crippen LogP contribution in [0.1, 0.15) is 27.7 Å². The van der Waals surface area contributed by atoms with E-state index in [1.165, 1.54) is 17.8 Å². The molecule has 3 amide bonds. The fraction of sp³-hybridized carbons (Fsp3) is 0.538. The third-order valence-corrected chi connectivity index (χ3v) is 7.53. The smallest absolute Gasteiger partial charge is 0.318 e. The van der Waals surface area contributed by atoms with Gasteiger partial charge in [0.25, 0.3) is 0 Å². The molecule has 0 spiro atoms. The van der Waals surface area contributed by atoms with Gasteiger partial charge in [-0.3, -0.25) is 4.79 Å². The maximum Gasteiger partial charge on any atom is 0.318 e. The molecule has 9 nitrogen and oxygen atoms in total. The zero-order valence-electron chi connectivity index (χ0n) is 22.3. The Morgan fingerprint density at radius 2 is 1.76 bits per heavy atom. The molecule has 3 heterocycles. The molecule has 2 aliphatic rings. The van der Waals surface area contributed by atoms with Crippen LogP contribution in [0, 0.1) is 5.82 Å². The number of halogens is 2. The molecular weight excluding hydrogens is 529 g/mol. The number of anilines is 2. The second-order valence-electron chi connectivity index (χ2n) is 10.6. The summed E-state index contributed by atoms with van der Waals surface area (Å²) in [6.45, 7) is 11.9. The average Bonchev–Trinajstić information content (AvgIpc) is 2.86. The van der Waals surface area contributed by atoms with Crippen molar-refractivity contribution in [1.82, 2.24) is 25.1 Å². The number of aromatic nitrogens is 2. The Hall–Kier alpha value is -2.79. The number of piperazine rings is 2. The van der Waals surface area contributed by atoms with Crippen molar-refractivity contribution in [2.75, 3.05) is 61.4 Å². The van der Waals surface area contributed by atoms with Crippen molar-refractivity contribution in [2.45, 2.75) is 44.4 Å². The Balaban J connectivity index is 1.30. The van der Waals surface area contributed by atoms with Crippen molar-refractivity contribution in [1.29, 1.82) is 0 Å². The van der Waals surface area contributed by atoms with E-state index >= 15 is 0 Å². The standard InChI is InChI=1S/C26H35ClFN7O2S/c1-18-16-34(13-14-35(18)25(37)31-26(2,3)4)22-15-21(27)29-24(30-22)38-17-23(36)33-11-9-32(10-12-33)20-8-6-5-7-19(20)28/h5-8,15,18H,9-14,16-17H2,1-4H3,(H,31,37)/t18-/m1/s1. The van der Waals surface area contributed by atoms with Gasteiger partial charge in [0.2, 0.25) is 5.91 Å². The molecule has 0 radical (unpaired) electrons. The van der Waals surface area contributed by atoms with Crippen LogP contribution >= 0.6 is 23.4 Å². The highest BCUT2D eigenvalue weighted by Crippen LogP contribution is 2.25. The van der Waals surface area contributed by atoms with Gasteiger partial charge in [-0.05, 0) is 39.8 Å². The lowest BCUT2D eigenvalue weighted by atomic mass is 10.1. The van der Waals surface area contributed by atoms with Gasteiger partial charge in [0.05, 0.1) is 11.4 Å². The normalized spacial score (nSPS) is 18.5. The van der Waals surface area contributed by atoms with Gasteiger partial charge in [-0.1, -0.05) is 35.5 Å². The average molecular weight is 564 g/mol. The van der Waals surface area contributed by atoms with Crippen LogP contribution in [0.5, 0.6) is 0 Å². The van der Waals surface area contributed by atoms with Crippen LogP contribution in [0.25, 0.3) is 0 Å². The number of benzene rings is 1. The third kappa shape index (κ3) is 7.19. The number of hydrogen-bond acceptors (Lipinski definition) is 7. The maximum atomic E-state index is 14.1. The van der Waals surface area contributed by atoms with Gasteiger partial charge in [-0.15, -0.1) is 0 Å². The first-order chi connectivity index (χ1) is 18.0. The Labute approximate surface area is 232 Å². The molecule has 4 rings (SSSR count). The first-order valence-electron chi connectivity index (χ1n) is 12.8. The molecule has 1 N–H and O–H groups in total. The van der Waals surface area contributed by atoms with E-state index in [0.29, 0.717) is 67.6 Å². The molecule has 12 heteroatoms. The van der Waals surface area contributed by atoms with Gasteiger partial charge >= 0.3 is 6.03 Å². The minimum Gasteiger partial charge on any atom is -0.366 e. The van der Waals surface area contributed by atoms with E-state index in [1.807, 2.05) is 43.6 Å². The third-order valence-electron chi connectivity index (χ3n) is 6.51. The van der Waals surface area contributed by atoms with E-state index in [9.17, 15) is 14.0 Å². The Bertz CT molecular complexity index is 1160. The minimum absolute atomic E-state index is 0.0134. The zero-order valence-corrected chi connectivity index (χ0v) is 23.9. The molecule has 0 aliphatic carbocycles. The number of urea groups is 1. The summed E-state index contributed by atoms with van der Waals surface area (Å²) in [5.74, 6) is 0.610. The second kappa shape index (κ2) is 11.9. The summed E-state index contributed by atoms with van der Waals surface area (Å²) < 4.78 is 14.1. The lowest BCUT2D eigenvalue weighted by Crippen LogP contribution is -2.59. The molecule has 1 atom stereocenters. The Morgan fingerprint density at radius 3 is 2.42 bits per heavy atom. The quantitative estimate of drug-likeness (QED) is 0.337. The number of thioether (sulfide) groups is 1. The molecule has 2 aliphatic heterocycles. The first kappa shape index (κ1) is 28.2. The molecule has 0 bridgehead atoms. The van der Waals surface area contributed by atoms with Gasteiger partial charge in [-0.25, -0.2) is 19.2 Å². The lowest BCUT2D eigenvalue weighted by Gasteiger charge is -2.41. The van der Waals surface area contributed by atoms with Crippen molar-refractivity contribution >= 4 is 46.8 Å². The van der Waals surface area contributed by atoms with E-state index in [0.717, 1.165) is 0 Å². The van der Waals surface area contributed by atoms with E-state index < -0.39 is 0 Å². The second-order valence-corrected chi connectivity index (χ2v) is 11.9. The highest BCUT2D eigenvalue weighted by atomic mass is 35.5. The van der Waals surface area contributed by atoms with Gasteiger partial charge in [-0.2, -0.15) is 0 Å². The summed E-state index contributed by atoms with van der Waals surface area (Å²) >= 11 is 7.57. The van der Waals surface area contributed by atoms with Crippen LogP contribution in [0.2, 0.25) is 5.15 Å². The van der Waals surface area contributed by atoms with Gasteiger partial charge in [0.1, 0.15) is 16.8 Å². The molecule has 1 aromatic carbocycles. The zero-order chi connectivity index (χ0) is 27.4. The van der Waals surface area contributed by atoms with Crippen LogP contribution in [0.3, 0.4) is 0 Å². The van der Waals surface area contributed by atoms with Crippen molar-refractivity contribution < 1.29 is 14.0 Å². The molecule has 1 aromatic heterocycles. The van der Waals surface area contributed by atoms with Crippen molar-refractivity contribution in [3.8, 4) is 0 Å². The Morgan fingerprint density at radius 1 is 1.08 bits per heavy atom. The molecular formula is C26H35ClFN7O2S. The summed E-state index contributed by atoms with van der Waals surface area (Å²) in [5.41, 5.74) is 0.268. The van der Waals surface area contributed by atoms with Crippen LogP contribution < -0.4 is 15.1 Å². The largest absolute Gasteiger partial charge is 0.366 e. The van der Waals surface area contributed by atoms with E-state index in [-0.39, 0.29) is 35.1 Å². The van der Waals surface area contributed by atoms with Crippen molar-refractivity contribution in [3.63, 3.8) is 0 Å². The fourth-order valence-corrected chi connectivity index (χ4v) is 5.58. The molecule has 0 saturated carbocycles. The molecule has 2 fully saturated rings. The van der Waals surface area contributed by atoms with Gasteiger partial charge in [0, 0.05) is 63.5 Å². The van der Waals surface area contributed by atoms with Gasteiger partial charge in [0.15, 0.2) is 5.16 Å². The number of nitrogens with zero attached hydrogens (tertiary/aromatic N) is 6. The minimum atomic E-state index is -0.301. The summed E-state index contributed by atoms with van der Waals surface area (Å²) in [7, 11) is 0. The molecule has 206 valence electrons. The maximum absolute atomic E-state index is 14.1. The van der Waals surface area contributed by atoms with Crippen LogP contribution in [-0.4, -0.2) is 94.9 Å². The summed E-state index contributed by atoms with van der Waals surface area (Å²) in [4.78, 5) is 42.2. The van der Waals surface area contributed by atoms with E-state index in [1.54, 1.807) is 23.1 Å². The molecule has 38 heavy (non-hydrogen) atoms. The number of rotatable bonds is 5. The van der Waals surface area contributed by atoms with Crippen LogP contribution in [0.4, 0.5) is 20.7 Å². The number of nitrogens with one attached hydrogen (secondary N) is 1. The molecule has 2 saturated heterocycles. The van der Waals surface area contributed by atoms with Crippen molar-refractivity contribution in [2.24, 2.45) is 0 Å². The molecule has 2 aromatic rings. The fourth-order valence-electron chi connectivity index (χ4n) is 4.59. The van der Waals surface area contributed by atoms with Crippen LogP contribution in [0.15, 0.2) is 35.5 Å². The number of carbonyl (C=O) groups is 2. The summed E-state index contributed by atoms with van der Waals surface area (Å²) in [6, 6.07) is 8.33. The highest BCUT2D eigenvalue weighted by molar-refractivity contribution is 7.99. The van der Waals surface area contributed by atoms with E-state index in [4.69, 9.17) is 11.6 Å². The number of hydrogen-bond donors (Lipinski definition) is 1. The number of carbonyl (C=O) groups excluding carboxylic acids is 2. The molecule has 0 unspecified atom stereocenters. The number of para-hydroxylation sites is 1. The first-order valence-corrected chi connectivity index (χ1v) is 14.1. The number of amides is 3. The highest BCUT2D eigenvalue weighted by Gasteiger charge is 2.30. The topological polar surface area (TPSA) is 84.9 Å².